The molecule has 0 saturated carbocycles. The van der Waals surface area contributed by atoms with Gasteiger partial charge in [-0.15, -0.1) is 10.2 Å². The lowest BCUT2D eigenvalue weighted by molar-refractivity contribution is -0.113. The molecule has 9 heteroatoms. The number of ether oxygens (including phenoxy) is 2. The van der Waals surface area contributed by atoms with Gasteiger partial charge in [0.1, 0.15) is 12.4 Å². The van der Waals surface area contributed by atoms with Gasteiger partial charge in [-0.2, -0.15) is 0 Å². The predicted molar refractivity (Wildman–Crippen MR) is 100 cm³/mol. The van der Waals surface area contributed by atoms with Crippen LogP contribution < -0.4 is 14.8 Å². The van der Waals surface area contributed by atoms with Crippen molar-refractivity contribution in [2.24, 2.45) is 0 Å². The summed E-state index contributed by atoms with van der Waals surface area (Å²) in [5.41, 5.74) is 0.911. The quantitative estimate of drug-likeness (QED) is 0.652. The first-order valence-corrected chi connectivity index (χ1v) is 9.48. The highest BCUT2D eigenvalue weighted by Crippen LogP contribution is 2.35. The fraction of sp³-hybridized carbons (Fsp3) is 0.211. The smallest absolute Gasteiger partial charge is 0.277 e. The average Bonchev–Trinajstić information content (AvgIpc) is 3.18. The molecule has 1 amide bonds. The number of nitrogens with zero attached hydrogens (tertiary/aromatic N) is 2. The zero-order valence-corrected chi connectivity index (χ0v) is 15.7. The third kappa shape index (κ3) is 4.09. The second-order valence-corrected chi connectivity index (χ2v) is 7.00. The first-order chi connectivity index (χ1) is 13.6. The summed E-state index contributed by atoms with van der Waals surface area (Å²) in [6.45, 7) is 1.91. The van der Waals surface area contributed by atoms with Crippen LogP contribution in [0.3, 0.4) is 0 Å². The average molecular weight is 401 g/mol. The van der Waals surface area contributed by atoms with Crippen LogP contribution in [0.5, 0.6) is 11.5 Å². The van der Waals surface area contributed by atoms with Gasteiger partial charge in [0.25, 0.3) is 11.1 Å². The number of aromatic nitrogens is 2. The molecule has 1 aliphatic rings. The van der Waals surface area contributed by atoms with Gasteiger partial charge in [-0.05, 0) is 36.8 Å². The number of benzene rings is 2. The SMILES string of the molecule is Cc1ccc(NC(=O)CSc2nnc([C@@H]3COc4ccccc4O3)o2)cc1F. The van der Waals surface area contributed by atoms with Gasteiger partial charge in [0.05, 0.1) is 5.75 Å². The van der Waals surface area contributed by atoms with Crippen LogP contribution in [-0.4, -0.2) is 28.5 Å². The highest BCUT2D eigenvalue weighted by molar-refractivity contribution is 7.99. The van der Waals surface area contributed by atoms with Crippen molar-refractivity contribution < 1.29 is 23.1 Å². The Morgan fingerprint density at radius 3 is 2.89 bits per heavy atom. The van der Waals surface area contributed by atoms with Gasteiger partial charge in [-0.3, -0.25) is 4.79 Å². The van der Waals surface area contributed by atoms with E-state index in [1.165, 1.54) is 6.07 Å². The minimum atomic E-state index is -0.513. The van der Waals surface area contributed by atoms with E-state index < -0.39 is 6.10 Å². The van der Waals surface area contributed by atoms with E-state index >= 15 is 0 Å². The molecule has 144 valence electrons. The Morgan fingerprint density at radius 2 is 2.07 bits per heavy atom. The predicted octanol–water partition coefficient (Wildman–Crippen LogP) is 3.76. The lowest BCUT2D eigenvalue weighted by Crippen LogP contribution is -2.21. The third-order valence-electron chi connectivity index (χ3n) is 3.99. The number of thioether (sulfide) groups is 1. The van der Waals surface area contributed by atoms with Crippen molar-refractivity contribution in [2.75, 3.05) is 17.7 Å². The Kier molecular flexibility index (Phi) is 5.16. The van der Waals surface area contributed by atoms with Crippen LogP contribution in [0.1, 0.15) is 17.6 Å². The molecular formula is C19H16FN3O4S. The van der Waals surface area contributed by atoms with E-state index in [0.717, 1.165) is 11.8 Å². The molecule has 1 atom stereocenters. The molecule has 4 rings (SSSR count). The molecule has 0 saturated heterocycles. The van der Waals surface area contributed by atoms with Gasteiger partial charge in [0.15, 0.2) is 11.5 Å². The number of hydrogen-bond acceptors (Lipinski definition) is 7. The van der Waals surface area contributed by atoms with Crippen molar-refractivity contribution in [1.29, 1.82) is 0 Å². The molecule has 28 heavy (non-hydrogen) atoms. The second kappa shape index (κ2) is 7.89. The zero-order chi connectivity index (χ0) is 19.5. The summed E-state index contributed by atoms with van der Waals surface area (Å²) >= 11 is 1.08. The van der Waals surface area contributed by atoms with Gasteiger partial charge in [-0.25, -0.2) is 4.39 Å². The van der Waals surface area contributed by atoms with Crippen molar-refractivity contribution in [3.8, 4) is 11.5 Å². The summed E-state index contributed by atoms with van der Waals surface area (Å²) in [5, 5.41) is 10.8. The number of anilines is 1. The summed E-state index contributed by atoms with van der Waals surface area (Å²) < 4.78 is 30.5. The molecule has 3 aromatic rings. The molecule has 1 aromatic heterocycles. The molecule has 0 fully saturated rings. The van der Waals surface area contributed by atoms with Crippen molar-refractivity contribution in [2.45, 2.75) is 18.3 Å². The highest BCUT2D eigenvalue weighted by Gasteiger charge is 2.27. The Bertz CT molecular complexity index is 1010. The van der Waals surface area contributed by atoms with E-state index in [1.807, 2.05) is 18.2 Å². The molecule has 0 aliphatic carbocycles. The number of aryl methyl sites for hydroxylation is 1. The fourth-order valence-corrected chi connectivity index (χ4v) is 3.11. The second-order valence-electron chi connectivity index (χ2n) is 6.07. The summed E-state index contributed by atoms with van der Waals surface area (Å²) in [4.78, 5) is 12.0. The number of amides is 1. The number of carbonyl (C=O) groups is 1. The van der Waals surface area contributed by atoms with Gasteiger partial charge in [-0.1, -0.05) is 30.0 Å². The van der Waals surface area contributed by atoms with E-state index in [9.17, 15) is 9.18 Å². The minimum Gasteiger partial charge on any atom is -0.485 e. The van der Waals surface area contributed by atoms with Gasteiger partial charge in [0, 0.05) is 5.69 Å². The van der Waals surface area contributed by atoms with E-state index in [2.05, 4.69) is 15.5 Å². The minimum absolute atomic E-state index is 0.0436. The molecule has 0 bridgehead atoms. The molecular weight excluding hydrogens is 385 g/mol. The largest absolute Gasteiger partial charge is 0.485 e. The monoisotopic (exact) mass is 401 g/mol. The van der Waals surface area contributed by atoms with E-state index in [4.69, 9.17) is 13.9 Å². The standard InChI is InChI=1S/C19H16FN3O4S/c1-11-6-7-12(8-13(11)20)21-17(24)10-28-19-23-22-18(27-19)16-9-25-14-4-2-3-5-15(14)26-16/h2-8,16H,9-10H2,1H3,(H,21,24)/t16-/m0/s1. The topological polar surface area (TPSA) is 86.5 Å². The molecule has 0 spiro atoms. The lowest BCUT2D eigenvalue weighted by atomic mass is 10.2. The number of hydrogen-bond donors (Lipinski definition) is 1. The highest BCUT2D eigenvalue weighted by atomic mass is 32.2. The maximum Gasteiger partial charge on any atom is 0.277 e. The Morgan fingerprint density at radius 1 is 1.25 bits per heavy atom. The zero-order valence-electron chi connectivity index (χ0n) is 14.8. The summed E-state index contributed by atoms with van der Waals surface area (Å²) in [7, 11) is 0. The van der Waals surface area contributed by atoms with Crippen molar-refractivity contribution in [1.82, 2.24) is 10.2 Å². The van der Waals surface area contributed by atoms with Crippen LogP contribution in [-0.2, 0) is 4.79 Å². The van der Waals surface area contributed by atoms with Crippen LogP contribution in [0.2, 0.25) is 0 Å². The molecule has 2 heterocycles. The molecule has 1 N–H and O–H groups in total. The normalized spacial score (nSPS) is 15.3. The van der Waals surface area contributed by atoms with Crippen LogP contribution in [0.4, 0.5) is 10.1 Å². The molecule has 2 aromatic carbocycles. The van der Waals surface area contributed by atoms with Crippen LogP contribution >= 0.6 is 11.8 Å². The number of fused-ring (bicyclic) bond motifs is 1. The van der Waals surface area contributed by atoms with Crippen molar-refractivity contribution in [3.05, 3.63) is 59.7 Å². The molecule has 0 radical (unpaired) electrons. The fourth-order valence-electron chi connectivity index (χ4n) is 2.55. The Labute approximate surface area is 164 Å². The summed E-state index contributed by atoms with van der Waals surface area (Å²) in [6, 6.07) is 11.8. The van der Waals surface area contributed by atoms with Crippen molar-refractivity contribution in [3.63, 3.8) is 0 Å². The van der Waals surface area contributed by atoms with E-state index in [-0.39, 0.29) is 35.2 Å². The van der Waals surface area contributed by atoms with Crippen LogP contribution in [0.25, 0.3) is 0 Å². The number of rotatable bonds is 5. The van der Waals surface area contributed by atoms with Crippen molar-refractivity contribution >= 4 is 23.4 Å². The first-order valence-electron chi connectivity index (χ1n) is 8.49. The number of para-hydroxylation sites is 2. The van der Waals surface area contributed by atoms with Crippen LogP contribution in [0.15, 0.2) is 52.1 Å². The Balaban J connectivity index is 1.32. The number of nitrogens with one attached hydrogen (secondary N) is 1. The summed E-state index contributed by atoms with van der Waals surface area (Å²) in [5.74, 6) is 0.913. The van der Waals surface area contributed by atoms with Gasteiger partial charge < -0.3 is 19.2 Å². The molecule has 0 unspecified atom stereocenters. The number of halogens is 1. The molecule has 7 nitrogen and oxygen atoms in total. The van der Waals surface area contributed by atoms with Gasteiger partial charge in [0.2, 0.25) is 12.0 Å². The van der Waals surface area contributed by atoms with E-state index in [0.29, 0.717) is 22.7 Å². The maximum atomic E-state index is 13.5. The van der Waals surface area contributed by atoms with Crippen LogP contribution in [0, 0.1) is 12.7 Å². The molecule has 1 aliphatic heterocycles. The first kappa shape index (κ1) is 18.3. The van der Waals surface area contributed by atoms with E-state index in [1.54, 1.807) is 25.1 Å². The third-order valence-corrected chi connectivity index (χ3v) is 4.81. The number of carbonyl (C=O) groups excluding carboxylic acids is 1. The van der Waals surface area contributed by atoms with Gasteiger partial charge >= 0.3 is 0 Å². The lowest BCUT2D eigenvalue weighted by Gasteiger charge is -2.23. The summed E-state index contributed by atoms with van der Waals surface area (Å²) in [6.07, 6.45) is -0.513. The Hall–Kier alpha value is -3.07. The maximum absolute atomic E-state index is 13.5.